The summed E-state index contributed by atoms with van der Waals surface area (Å²) in [5, 5.41) is 0. The number of aromatic nitrogens is 1. The van der Waals surface area contributed by atoms with Gasteiger partial charge in [0.05, 0.1) is 12.7 Å². The lowest BCUT2D eigenvalue weighted by Gasteiger charge is -2.07. The van der Waals surface area contributed by atoms with Gasteiger partial charge in [-0.15, -0.1) is 0 Å². The minimum Gasteiger partial charge on any atom is -0.465 e. The van der Waals surface area contributed by atoms with E-state index in [-0.39, 0.29) is 11.4 Å². The van der Waals surface area contributed by atoms with Gasteiger partial charge in [0.2, 0.25) is 0 Å². The molecule has 0 bridgehead atoms. The lowest BCUT2D eigenvalue weighted by Crippen LogP contribution is -2.18. The van der Waals surface area contributed by atoms with Crippen LogP contribution in [0.15, 0.2) is 35.1 Å². The van der Waals surface area contributed by atoms with Crippen molar-refractivity contribution in [3.63, 3.8) is 0 Å². The number of halogens is 1. The molecule has 2 aromatic rings. The van der Waals surface area contributed by atoms with Crippen LogP contribution in [0.5, 0.6) is 0 Å². The molecule has 0 aliphatic rings. The number of nitrogens with one attached hydrogen (secondary N) is 1. The molecular weight excluding hydrogens is 261 g/mol. The number of hydrogen-bond donors (Lipinski definition) is 1. The Morgan fingerprint density at radius 1 is 1.30 bits per heavy atom. The average molecular weight is 275 g/mol. The van der Waals surface area contributed by atoms with E-state index in [9.17, 15) is 14.0 Å². The molecule has 0 amide bonds. The van der Waals surface area contributed by atoms with Gasteiger partial charge >= 0.3 is 5.97 Å². The summed E-state index contributed by atoms with van der Waals surface area (Å²) in [4.78, 5) is 26.1. The summed E-state index contributed by atoms with van der Waals surface area (Å²) >= 11 is 0. The van der Waals surface area contributed by atoms with Gasteiger partial charge in [-0.1, -0.05) is 12.1 Å². The lowest BCUT2D eigenvalue weighted by molar-refractivity contribution is 0.0599. The molecule has 0 atom stereocenters. The molecule has 1 heterocycles. The third-order valence-corrected chi connectivity index (χ3v) is 3.03. The summed E-state index contributed by atoms with van der Waals surface area (Å²) in [7, 11) is 1.28. The monoisotopic (exact) mass is 275 g/mol. The van der Waals surface area contributed by atoms with Crippen molar-refractivity contribution in [3.8, 4) is 0 Å². The van der Waals surface area contributed by atoms with Crippen molar-refractivity contribution < 1.29 is 13.9 Å². The van der Waals surface area contributed by atoms with Crippen LogP contribution >= 0.6 is 0 Å². The van der Waals surface area contributed by atoms with E-state index < -0.39 is 5.97 Å². The highest BCUT2D eigenvalue weighted by Crippen LogP contribution is 2.11. The zero-order valence-corrected chi connectivity index (χ0v) is 11.2. The molecule has 0 saturated heterocycles. The quantitative estimate of drug-likeness (QED) is 0.874. The second kappa shape index (κ2) is 5.69. The molecule has 0 unspecified atom stereocenters. The molecule has 0 saturated carbocycles. The number of rotatable bonds is 3. The van der Waals surface area contributed by atoms with Crippen molar-refractivity contribution in [2.75, 3.05) is 7.11 Å². The number of hydrogen-bond acceptors (Lipinski definition) is 3. The zero-order chi connectivity index (χ0) is 14.7. The lowest BCUT2D eigenvalue weighted by atomic mass is 10.0. The van der Waals surface area contributed by atoms with Gasteiger partial charge in [-0.05, 0) is 30.7 Å². The highest BCUT2D eigenvalue weighted by molar-refractivity contribution is 5.90. The fraction of sp³-hybridized carbons (Fsp3) is 0.200. The van der Waals surface area contributed by atoms with Gasteiger partial charge < -0.3 is 9.72 Å². The van der Waals surface area contributed by atoms with Crippen LogP contribution < -0.4 is 5.56 Å². The Kier molecular flexibility index (Phi) is 3.98. The third kappa shape index (κ3) is 2.93. The van der Waals surface area contributed by atoms with Crippen LogP contribution in [0.3, 0.4) is 0 Å². The van der Waals surface area contributed by atoms with Crippen molar-refractivity contribution in [1.29, 1.82) is 0 Å². The summed E-state index contributed by atoms with van der Waals surface area (Å²) in [6.45, 7) is 1.63. The Morgan fingerprint density at radius 2 is 1.95 bits per heavy atom. The predicted octanol–water partition coefficient (Wildman–Crippen LogP) is 2.20. The molecule has 20 heavy (non-hydrogen) atoms. The molecule has 0 spiro atoms. The SMILES string of the molecule is COC(=O)c1cc(Cc2ccc(F)cc2)c(=O)[nH]c1C. The van der Waals surface area contributed by atoms with E-state index >= 15 is 0 Å². The molecular formula is C15H14FNO3. The first kappa shape index (κ1) is 14.0. The highest BCUT2D eigenvalue weighted by Gasteiger charge is 2.13. The molecule has 1 aromatic heterocycles. The number of esters is 1. The number of ether oxygens (including phenoxy) is 1. The number of H-pyrrole nitrogens is 1. The fourth-order valence-electron chi connectivity index (χ4n) is 1.94. The smallest absolute Gasteiger partial charge is 0.339 e. The van der Waals surface area contributed by atoms with Crippen LogP contribution in [0.1, 0.15) is 27.2 Å². The second-order valence-corrected chi connectivity index (χ2v) is 4.46. The van der Waals surface area contributed by atoms with Gasteiger partial charge in [0, 0.05) is 17.7 Å². The number of pyridine rings is 1. The van der Waals surface area contributed by atoms with E-state index in [0.29, 0.717) is 23.2 Å². The number of aromatic amines is 1. The van der Waals surface area contributed by atoms with E-state index in [1.807, 2.05) is 0 Å². The number of carbonyl (C=O) groups excluding carboxylic acids is 1. The number of benzene rings is 1. The van der Waals surface area contributed by atoms with E-state index in [1.165, 1.54) is 25.3 Å². The summed E-state index contributed by atoms with van der Waals surface area (Å²) < 4.78 is 17.5. The summed E-state index contributed by atoms with van der Waals surface area (Å²) in [5.41, 5.74) is 1.74. The molecule has 0 aliphatic heterocycles. The Labute approximate surface area is 115 Å². The third-order valence-electron chi connectivity index (χ3n) is 3.03. The van der Waals surface area contributed by atoms with Gasteiger partial charge in [-0.3, -0.25) is 4.79 Å². The van der Waals surface area contributed by atoms with Crippen molar-refractivity contribution in [2.24, 2.45) is 0 Å². The molecule has 0 radical (unpaired) electrons. The van der Waals surface area contributed by atoms with Gasteiger partial charge in [0.15, 0.2) is 0 Å². The van der Waals surface area contributed by atoms with Gasteiger partial charge in [-0.25, -0.2) is 9.18 Å². The molecule has 5 heteroatoms. The van der Waals surface area contributed by atoms with Crippen molar-refractivity contribution in [3.05, 3.63) is 68.9 Å². The Morgan fingerprint density at radius 3 is 2.55 bits per heavy atom. The standard InChI is InChI=1S/C15H14FNO3/c1-9-13(15(19)20-2)8-11(14(18)17-9)7-10-3-5-12(16)6-4-10/h3-6,8H,7H2,1-2H3,(H,17,18). The van der Waals surface area contributed by atoms with Crippen LogP contribution in [0.4, 0.5) is 4.39 Å². The van der Waals surface area contributed by atoms with E-state index in [2.05, 4.69) is 9.72 Å². The maximum Gasteiger partial charge on any atom is 0.339 e. The summed E-state index contributed by atoms with van der Waals surface area (Å²) in [5.74, 6) is -0.832. The molecule has 0 fully saturated rings. The zero-order valence-electron chi connectivity index (χ0n) is 11.2. The highest BCUT2D eigenvalue weighted by atomic mass is 19.1. The van der Waals surface area contributed by atoms with Gasteiger partial charge in [0.1, 0.15) is 5.82 Å². The minimum atomic E-state index is -0.501. The van der Waals surface area contributed by atoms with Crippen LogP contribution in [-0.4, -0.2) is 18.1 Å². The molecule has 1 aromatic carbocycles. The molecule has 4 nitrogen and oxygen atoms in total. The van der Waals surface area contributed by atoms with E-state index in [4.69, 9.17) is 0 Å². The van der Waals surface area contributed by atoms with Crippen LogP contribution in [0.25, 0.3) is 0 Å². The van der Waals surface area contributed by atoms with Crippen molar-refractivity contribution in [2.45, 2.75) is 13.3 Å². The van der Waals surface area contributed by atoms with Crippen molar-refractivity contribution in [1.82, 2.24) is 4.98 Å². The maximum absolute atomic E-state index is 12.8. The van der Waals surface area contributed by atoms with Gasteiger partial charge in [0.25, 0.3) is 5.56 Å². The normalized spacial score (nSPS) is 10.3. The Balaban J connectivity index is 2.39. The first-order chi connectivity index (χ1) is 9.51. The van der Waals surface area contributed by atoms with Gasteiger partial charge in [-0.2, -0.15) is 0 Å². The Bertz CT molecular complexity index is 689. The number of aryl methyl sites for hydroxylation is 1. The first-order valence-corrected chi connectivity index (χ1v) is 6.07. The van der Waals surface area contributed by atoms with Crippen LogP contribution in [-0.2, 0) is 11.2 Å². The van der Waals surface area contributed by atoms with Crippen LogP contribution in [0, 0.1) is 12.7 Å². The molecule has 104 valence electrons. The average Bonchev–Trinajstić information content (AvgIpc) is 2.43. The molecule has 2 rings (SSSR count). The predicted molar refractivity (Wildman–Crippen MR) is 72.3 cm³/mol. The van der Waals surface area contributed by atoms with E-state index in [0.717, 1.165) is 5.56 Å². The second-order valence-electron chi connectivity index (χ2n) is 4.46. The number of carbonyl (C=O) groups is 1. The largest absolute Gasteiger partial charge is 0.465 e. The molecule has 1 N–H and O–H groups in total. The summed E-state index contributed by atoms with van der Waals surface area (Å²) in [6.07, 6.45) is 0.319. The summed E-state index contributed by atoms with van der Waals surface area (Å²) in [6, 6.07) is 7.39. The first-order valence-electron chi connectivity index (χ1n) is 6.07. The van der Waals surface area contributed by atoms with Crippen molar-refractivity contribution >= 4 is 5.97 Å². The number of methoxy groups -OCH3 is 1. The minimum absolute atomic E-state index is 0.264. The van der Waals surface area contributed by atoms with Crippen LogP contribution in [0.2, 0.25) is 0 Å². The van der Waals surface area contributed by atoms with E-state index in [1.54, 1.807) is 19.1 Å². The molecule has 0 aliphatic carbocycles. The fourth-order valence-corrected chi connectivity index (χ4v) is 1.94. The maximum atomic E-state index is 12.8. The topological polar surface area (TPSA) is 59.2 Å². The Hall–Kier alpha value is -2.43.